The summed E-state index contributed by atoms with van der Waals surface area (Å²) in [6.45, 7) is 4.37. The molecular formula is C21H26N2O3S. The molecule has 0 N–H and O–H groups in total. The van der Waals surface area contributed by atoms with Crippen molar-refractivity contribution in [2.24, 2.45) is 0 Å². The van der Waals surface area contributed by atoms with E-state index in [4.69, 9.17) is 0 Å². The molecule has 1 fully saturated rings. The molecule has 2 aromatic rings. The van der Waals surface area contributed by atoms with Crippen molar-refractivity contribution in [1.82, 2.24) is 9.21 Å². The third-order valence-corrected chi connectivity index (χ3v) is 7.25. The first kappa shape index (κ1) is 19.6. The van der Waals surface area contributed by atoms with Crippen molar-refractivity contribution in [2.75, 3.05) is 13.6 Å². The molecule has 5 nitrogen and oxygen atoms in total. The van der Waals surface area contributed by atoms with Crippen molar-refractivity contribution in [3.05, 3.63) is 65.7 Å². The minimum Gasteiger partial charge on any atom is -0.332 e. The van der Waals surface area contributed by atoms with E-state index in [1.165, 1.54) is 16.4 Å². The van der Waals surface area contributed by atoms with Gasteiger partial charge in [-0.15, -0.1) is 0 Å². The summed E-state index contributed by atoms with van der Waals surface area (Å²) < 4.78 is 26.5. The molecule has 0 aromatic heterocycles. The minimum atomic E-state index is -3.55. The first-order valence-electron chi connectivity index (χ1n) is 9.26. The molecular weight excluding hydrogens is 360 g/mol. The van der Waals surface area contributed by atoms with Crippen LogP contribution in [0.1, 0.15) is 48.7 Å². The van der Waals surface area contributed by atoms with Crippen molar-refractivity contribution >= 4 is 15.9 Å². The van der Waals surface area contributed by atoms with E-state index < -0.39 is 10.0 Å². The van der Waals surface area contributed by atoms with Crippen molar-refractivity contribution in [3.8, 4) is 0 Å². The van der Waals surface area contributed by atoms with E-state index in [9.17, 15) is 13.2 Å². The largest absolute Gasteiger partial charge is 0.332 e. The number of nitrogens with zero attached hydrogens (tertiary/aromatic N) is 2. The van der Waals surface area contributed by atoms with E-state index in [1.54, 1.807) is 19.2 Å². The molecule has 3 rings (SSSR count). The Morgan fingerprint density at radius 1 is 1.07 bits per heavy atom. The molecule has 1 aliphatic rings. The monoisotopic (exact) mass is 386 g/mol. The molecule has 2 aromatic carbocycles. The van der Waals surface area contributed by atoms with Crippen LogP contribution in [0.5, 0.6) is 0 Å². The van der Waals surface area contributed by atoms with E-state index in [0.717, 1.165) is 18.4 Å². The van der Waals surface area contributed by atoms with E-state index >= 15 is 0 Å². The predicted molar refractivity (Wildman–Crippen MR) is 106 cm³/mol. The van der Waals surface area contributed by atoms with Crippen molar-refractivity contribution in [2.45, 2.75) is 43.7 Å². The lowest BCUT2D eigenvalue weighted by atomic mass is 10.0. The summed E-state index contributed by atoms with van der Waals surface area (Å²) in [7, 11) is -1.98. The van der Waals surface area contributed by atoms with Gasteiger partial charge >= 0.3 is 0 Å². The van der Waals surface area contributed by atoms with Gasteiger partial charge in [0, 0.05) is 25.2 Å². The Kier molecular flexibility index (Phi) is 5.67. The lowest BCUT2D eigenvalue weighted by molar-refractivity contribution is 0.0735. The fourth-order valence-electron chi connectivity index (χ4n) is 3.41. The van der Waals surface area contributed by atoms with Crippen LogP contribution >= 0.6 is 0 Å². The van der Waals surface area contributed by atoms with Gasteiger partial charge in [0.15, 0.2) is 0 Å². The smallest absolute Gasteiger partial charge is 0.254 e. The SMILES string of the molecule is CC(C)N(C)S(=O)(=O)c1ccc(C(=O)N2CCCC2c2ccccc2)cc1. The summed E-state index contributed by atoms with van der Waals surface area (Å²) in [5, 5.41) is 0. The van der Waals surface area contributed by atoms with Gasteiger partial charge in [-0.25, -0.2) is 8.42 Å². The second kappa shape index (κ2) is 7.82. The number of carbonyl (C=O) groups excluding carboxylic acids is 1. The van der Waals surface area contributed by atoms with E-state index in [-0.39, 0.29) is 22.9 Å². The van der Waals surface area contributed by atoms with Crippen LogP contribution in [0.2, 0.25) is 0 Å². The fourth-order valence-corrected chi connectivity index (χ4v) is 4.78. The summed E-state index contributed by atoms with van der Waals surface area (Å²) in [4.78, 5) is 15.1. The molecule has 0 spiro atoms. The standard InChI is InChI=1S/C21H26N2O3S/c1-16(2)22(3)27(25,26)19-13-11-18(12-14-19)21(24)23-15-7-10-20(23)17-8-5-4-6-9-17/h4-6,8-9,11-14,16,20H,7,10,15H2,1-3H3. The maximum atomic E-state index is 13.0. The summed E-state index contributed by atoms with van der Waals surface area (Å²) >= 11 is 0. The Hall–Kier alpha value is -2.18. The number of hydrogen-bond acceptors (Lipinski definition) is 3. The van der Waals surface area contributed by atoms with Crippen LogP contribution in [0.3, 0.4) is 0 Å². The van der Waals surface area contributed by atoms with Crippen molar-refractivity contribution in [1.29, 1.82) is 0 Å². The molecule has 1 unspecified atom stereocenters. The van der Waals surface area contributed by atoms with Gasteiger partial charge in [0.05, 0.1) is 10.9 Å². The summed E-state index contributed by atoms with van der Waals surface area (Å²) in [6.07, 6.45) is 1.92. The first-order chi connectivity index (χ1) is 12.8. The molecule has 0 radical (unpaired) electrons. The summed E-state index contributed by atoms with van der Waals surface area (Å²) in [5.74, 6) is -0.0532. The zero-order valence-electron chi connectivity index (χ0n) is 16.0. The van der Waals surface area contributed by atoms with Gasteiger partial charge < -0.3 is 4.90 Å². The second-order valence-electron chi connectivity index (χ2n) is 7.21. The number of hydrogen-bond donors (Lipinski definition) is 0. The van der Waals surface area contributed by atoms with Gasteiger partial charge in [-0.05, 0) is 56.5 Å². The lowest BCUT2D eigenvalue weighted by Crippen LogP contribution is -2.33. The maximum absolute atomic E-state index is 13.0. The van der Waals surface area contributed by atoms with Crippen LogP contribution in [-0.4, -0.2) is 43.2 Å². The number of carbonyl (C=O) groups is 1. The van der Waals surface area contributed by atoms with E-state index in [0.29, 0.717) is 12.1 Å². The van der Waals surface area contributed by atoms with Gasteiger partial charge in [0.1, 0.15) is 0 Å². The average molecular weight is 387 g/mol. The number of sulfonamides is 1. The Labute approximate surface area is 161 Å². The highest BCUT2D eigenvalue weighted by atomic mass is 32.2. The summed E-state index contributed by atoms with van der Waals surface area (Å²) in [6, 6.07) is 16.3. The molecule has 144 valence electrons. The van der Waals surface area contributed by atoms with Crippen LogP contribution in [0, 0.1) is 0 Å². The maximum Gasteiger partial charge on any atom is 0.254 e. The topological polar surface area (TPSA) is 57.7 Å². The van der Waals surface area contributed by atoms with Gasteiger partial charge in [-0.3, -0.25) is 4.79 Å². The third kappa shape index (κ3) is 3.92. The Bertz CT molecular complexity index is 893. The third-order valence-electron chi connectivity index (χ3n) is 5.20. The lowest BCUT2D eigenvalue weighted by Gasteiger charge is -2.25. The molecule has 1 atom stereocenters. The number of amides is 1. The normalized spacial score (nSPS) is 17.7. The number of benzene rings is 2. The quantitative estimate of drug-likeness (QED) is 0.787. The van der Waals surface area contributed by atoms with E-state index in [1.807, 2.05) is 49.1 Å². The molecule has 27 heavy (non-hydrogen) atoms. The minimum absolute atomic E-state index is 0.0532. The highest BCUT2D eigenvalue weighted by Crippen LogP contribution is 2.33. The highest BCUT2D eigenvalue weighted by Gasteiger charge is 2.31. The molecule has 0 bridgehead atoms. The zero-order chi connectivity index (χ0) is 19.6. The molecule has 0 aliphatic carbocycles. The molecule has 0 saturated carbocycles. The number of likely N-dealkylation sites (tertiary alicyclic amines) is 1. The fraction of sp³-hybridized carbons (Fsp3) is 0.381. The van der Waals surface area contributed by atoms with Gasteiger partial charge in [-0.2, -0.15) is 4.31 Å². The molecule has 1 heterocycles. The highest BCUT2D eigenvalue weighted by molar-refractivity contribution is 7.89. The van der Waals surface area contributed by atoms with E-state index in [2.05, 4.69) is 0 Å². The Balaban J connectivity index is 1.82. The van der Waals surface area contributed by atoms with Crippen molar-refractivity contribution < 1.29 is 13.2 Å². The molecule has 1 aliphatic heterocycles. The number of rotatable bonds is 5. The average Bonchev–Trinajstić information content (AvgIpc) is 3.17. The first-order valence-corrected chi connectivity index (χ1v) is 10.7. The van der Waals surface area contributed by atoms with Crippen molar-refractivity contribution in [3.63, 3.8) is 0 Å². The van der Waals surface area contributed by atoms with Gasteiger partial charge in [0.25, 0.3) is 5.91 Å². The van der Waals surface area contributed by atoms with Gasteiger partial charge in [0.2, 0.25) is 10.0 Å². The predicted octanol–water partition coefficient (Wildman–Crippen LogP) is 3.69. The molecule has 6 heteroatoms. The second-order valence-corrected chi connectivity index (χ2v) is 9.20. The zero-order valence-corrected chi connectivity index (χ0v) is 16.8. The van der Waals surface area contributed by atoms with Crippen LogP contribution in [0.25, 0.3) is 0 Å². The molecule has 1 saturated heterocycles. The summed E-state index contributed by atoms with van der Waals surface area (Å²) in [5.41, 5.74) is 1.66. The van der Waals surface area contributed by atoms with Crippen LogP contribution in [0.15, 0.2) is 59.5 Å². The van der Waals surface area contributed by atoms with Crippen LogP contribution < -0.4 is 0 Å². The van der Waals surface area contributed by atoms with Crippen LogP contribution in [0.4, 0.5) is 0 Å². The van der Waals surface area contributed by atoms with Gasteiger partial charge in [-0.1, -0.05) is 30.3 Å². The molecule has 1 amide bonds. The Morgan fingerprint density at radius 3 is 2.30 bits per heavy atom. The van der Waals surface area contributed by atoms with Crippen LogP contribution in [-0.2, 0) is 10.0 Å². The Morgan fingerprint density at radius 2 is 1.70 bits per heavy atom.